The van der Waals surface area contributed by atoms with E-state index in [0.29, 0.717) is 24.9 Å². The number of ether oxygens (including phenoxy) is 1. The number of para-hydroxylation sites is 1. The molecule has 2 unspecified atom stereocenters. The molecule has 2 atom stereocenters. The zero-order valence-corrected chi connectivity index (χ0v) is 16.6. The molecule has 0 bridgehead atoms. The molecule has 0 radical (unpaired) electrons. The zero-order chi connectivity index (χ0) is 19.9. The number of carbonyl (C=O) groups excluding carboxylic acids is 1. The van der Waals surface area contributed by atoms with E-state index in [4.69, 9.17) is 4.74 Å². The van der Waals surface area contributed by atoms with E-state index in [9.17, 15) is 18.0 Å². The first kappa shape index (κ1) is 23.0. The summed E-state index contributed by atoms with van der Waals surface area (Å²) in [5.74, 6) is -2.28. The standard InChI is InChI=1S/C21H23F3N2O2.ClH/c22-16-8-7-14(12-18(16)24)15-9-10-25-13-19(15)26-21(27)6-3-11-28-20-5-2-1-4-17(20)23;/h1-2,4-5,7-8,12,15,19,25H,3,6,9-11,13H2,(H,26,27);1H. The molecule has 158 valence electrons. The van der Waals surface area contributed by atoms with Gasteiger partial charge in [0.2, 0.25) is 5.91 Å². The Bertz CT molecular complexity index is 822. The number of benzene rings is 2. The van der Waals surface area contributed by atoms with Crippen molar-refractivity contribution in [3.63, 3.8) is 0 Å². The van der Waals surface area contributed by atoms with E-state index in [1.54, 1.807) is 18.2 Å². The molecule has 3 rings (SSSR count). The van der Waals surface area contributed by atoms with Crippen molar-refractivity contribution in [2.75, 3.05) is 19.7 Å². The maximum Gasteiger partial charge on any atom is 0.220 e. The van der Waals surface area contributed by atoms with E-state index < -0.39 is 17.5 Å². The van der Waals surface area contributed by atoms with Gasteiger partial charge in [-0.15, -0.1) is 12.4 Å². The summed E-state index contributed by atoms with van der Waals surface area (Å²) in [5.41, 5.74) is 0.675. The smallest absolute Gasteiger partial charge is 0.220 e. The summed E-state index contributed by atoms with van der Waals surface area (Å²) in [6.07, 6.45) is 1.39. The Labute approximate surface area is 174 Å². The van der Waals surface area contributed by atoms with Gasteiger partial charge in [0.15, 0.2) is 23.2 Å². The first-order valence-corrected chi connectivity index (χ1v) is 9.37. The number of carbonyl (C=O) groups is 1. The number of amides is 1. The van der Waals surface area contributed by atoms with Gasteiger partial charge in [-0.2, -0.15) is 0 Å². The summed E-state index contributed by atoms with van der Waals surface area (Å²) in [6.45, 7) is 1.53. The summed E-state index contributed by atoms with van der Waals surface area (Å²) in [4.78, 5) is 12.3. The molecule has 0 aromatic heterocycles. The molecule has 0 aliphatic carbocycles. The molecule has 2 N–H and O–H groups in total. The number of piperidine rings is 1. The van der Waals surface area contributed by atoms with Gasteiger partial charge in [-0.05, 0) is 49.2 Å². The fraction of sp³-hybridized carbons (Fsp3) is 0.381. The number of hydrogen-bond acceptors (Lipinski definition) is 3. The Morgan fingerprint density at radius 3 is 2.66 bits per heavy atom. The minimum Gasteiger partial charge on any atom is -0.491 e. The molecule has 0 saturated carbocycles. The lowest BCUT2D eigenvalue weighted by atomic mass is 9.86. The normalized spacial score (nSPS) is 18.6. The first-order chi connectivity index (χ1) is 13.5. The van der Waals surface area contributed by atoms with Crippen LogP contribution in [0.3, 0.4) is 0 Å². The van der Waals surface area contributed by atoms with E-state index in [1.807, 2.05) is 0 Å². The lowest BCUT2D eigenvalue weighted by molar-refractivity contribution is -0.122. The average molecular weight is 429 g/mol. The van der Waals surface area contributed by atoms with Crippen molar-refractivity contribution < 1.29 is 22.7 Å². The lowest BCUT2D eigenvalue weighted by Gasteiger charge is -2.33. The van der Waals surface area contributed by atoms with Crippen LogP contribution in [0.4, 0.5) is 13.2 Å². The molecule has 1 saturated heterocycles. The minimum absolute atomic E-state index is 0. The molecule has 2 aromatic carbocycles. The van der Waals surface area contributed by atoms with Crippen LogP contribution < -0.4 is 15.4 Å². The van der Waals surface area contributed by atoms with Crippen LogP contribution in [-0.2, 0) is 4.79 Å². The molecule has 1 heterocycles. The van der Waals surface area contributed by atoms with E-state index in [1.165, 1.54) is 18.2 Å². The third kappa shape index (κ3) is 6.37. The van der Waals surface area contributed by atoms with E-state index in [0.717, 1.165) is 12.6 Å². The maximum absolute atomic E-state index is 13.6. The van der Waals surface area contributed by atoms with Gasteiger partial charge in [0, 0.05) is 24.9 Å². The Morgan fingerprint density at radius 2 is 1.90 bits per heavy atom. The van der Waals surface area contributed by atoms with Gasteiger partial charge in [-0.1, -0.05) is 18.2 Å². The largest absolute Gasteiger partial charge is 0.491 e. The third-order valence-electron chi connectivity index (χ3n) is 4.84. The number of halogens is 4. The van der Waals surface area contributed by atoms with Gasteiger partial charge in [0.25, 0.3) is 0 Å². The molecule has 1 aliphatic heterocycles. The molecule has 2 aromatic rings. The molecule has 0 spiro atoms. The van der Waals surface area contributed by atoms with Gasteiger partial charge in [-0.3, -0.25) is 4.79 Å². The lowest BCUT2D eigenvalue weighted by Crippen LogP contribution is -2.50. The molecule has 4 nitrogen and oxygen atoms in total. The molecule has 1 amide bonds. The molecular weight excluding hydrogens is 405 g/mol. The predicted octanol–water partition coefficient (Wildman–Crippen LogP) is 3.95. The highest BCUT2D eigenvalue weighted by Gasteiger charge is 2.28. The molecular formula is C21H24ClF3N2O2. The monoisotopic (exact) mass is 428 g/mol. The van der Waals surface area contributed by atoms with E-state index >= 15 is 0 Å². The van der Waals surface area contributed by atoms with Crippen molar-refractivity contribution in [3.8, 4) is 5.75 Å². The topological polar surface area (TPSA) is 50.4 Å². The number of rotatable bonds is 7. The molecule has 29 heavy (non-hydrogen) atoms. The number of nitrogens with one attached hydrogen (secondary N) is 2. The van der Waals surface area contributed by atoms with Crippen molar-refractivity contribution in [1.82, 2.24) is 10.6 Å². The van der Waals surface area contributed by atoms with E-state index in [2.05, 4.69) is 10.6 Å². The van der Waals surface area contributed by atoms with Crippen LogP contribution in [-0.4, -0.2) is 31.6 Å². The maximum atomic E-state index is 13.6. The second kappa shape index (κ2) is 11.1. The van der Waals surface area contributed by atoms with Crippen molar-refractivity contribution in [2.24, 2.45) is 0 Å². The summed E-state index contributed by atoms with van der Waals surface area (Å²) >= 11 is 0. The Balaban J connectivity index is 0.00000300. The second-order valence-corrected chi connectivity index (χ2v) is 6.83. The third-order valence-corrected chi connectivity index (χ3v) is 4.84. The van der Waals surface area contributed by atoms with Crippen LogP contribution in [0, 0.1) is 17.5 Å². The van der Waals surface area contributed by atoms with Gasteiger partial charge in [-0.25, -0.2) is 13.2 Å². The van der Waals surface area contributed by atoms with Crippen LogP contribution in [0.25, 0.3) is 0 Å². The SMILES string of the molecule is Cl.O=C(CCCOc1ccccc1F)NC1CNCCC1c1ccc(F)c(F)c1. The Kier molecular flexibility index (Phi) is 8.79. The van der Waals surface area contributed by atoms with Crippen LogP contribution in [0.5, 0.6) is 5.75 Å². The van der Waals surface area contributed by atoms with Crippen LogP contribution >= 0.6 is 12.4 Å². The van der Waals surface area contributed by atoms with Gasteiger partial charge < -0.3 is 15.4 Å². The Hall–Kier alpha value is -2.25. The first-order valence-electron chi connectivity index (χ1n) is 9.37. The van der Waals surface area contributed by atoms with Gasteiger partial charge >= 0.3 is 0 Å². The van der Waals surface area contributed by atoms with Crippen molar-refractivity contribution in [1.29, 1.82) is 0 Å². The van der Waals surface area contributed by atoms with Crippen molar-refractivity contribution in [2.45, 2.75) is 31.2 Å². The summed E-state index contributed by atoms with van der Waals surface area (Å²) < 4.78 is 45.6. The van der Waals surface area contributed by atoms with Crippen molar-refractivity contribution in [3.05, 3.63) is 65.5 Å². The van der Waals surface area contributed by atoms with Crippen LogP contribution in [0.1, 0.15) is 30.7 Å². The number of hydrogen-bond donors (Lipinski definition) is 2. The highest BCUT2D eigenvalue weighted by molar-refractivity contribution is 5.85. The van der Waals surface area contributed by atoms with E-state index in [-0.39, 0.29) is 49.1 Å². The van der Waals surface area contributed by atoms with Gasteiger partial charge in [0.05, 0.1) is 6.61 Å². The fourth-order valence-electron chi connectivity index (χ4n) is 3.41. The fourth-order valence-corrected chi connectivity index (χ4v) is 3.41. The quantitative estimate of drug-likeness (QED) is 0.657. The van der Waals surface area contributed by atoms with Crippen molar-refractivity contribution >= 4 is 18.3 Å². The highest BCUT2D eigenvalue weighted by Crippen LogP contribution is 2.27. The Morgan fingerprint density at radius 1 is 1.10 bits per heavy atom. The van der Waals surface area contributed by atoms with Crippen LogP contribution in [0.15, 0.2) is 42.5 Å². The summed E-state index contributed by atoms with van der Waals surface area (Å²) in [7, 11) is 0. The molecule has 8 heteroatoms. The van der Waals surface area contributed by atoms with Gasteiger partial charge in [0.1, 0.15) is 0 Å². The summed E-state index contributed by atoms with van der Waals surface area (Å²) in [6, 6.07) is 9.79. The average Bonchev–Trinajstić information content (AvgIpc) is 2.69. The predicted molar refractivity (Wildman–Crippen MR) is 107 cm³/mol. The summed E-state index contributed by atoms with van der Waals surface area (Å²) in [5, 5.41) is 6.18. The minimum atomic E-state index is -0.883. The second-order valence-electron chi connectivity index (χ2n) is 6.83. The molecule has 1 aliphatic rings. The highest BCUT2D eigenvalue weighted by atomic mass is 35.5. The zero-order valence-electron chi connectivity index (χ0n) is 15.8. The molecule has 1 fully saturated rings. The van der Waals surface area contributed by atoms with Crippen LogP contribution in [0.2, 0.25) is 0 Å².